The maximum atomic E-state index is 13.3. The van der Waals surface area contributed by atoms with E-state index in [0.29, 0.717) is 5.56 Å². The first-order chi connectivity index (χ1) is 16.7. The molecule has 35 heavy (non-hydrogen) atoms. The smallest absolute Gasteiger partial charge is 0.264 e. The molecule has 1 amide bonds. The number of sulfonamides is 1. The van der Waals surface area contributed by atoms with Gasteiger partial charge in [0.25, 0.3) is 15.9 Å². The minimum atomic E-state index is -4.16. The lowest BCUT2D eigenvalue weighted by molar-refractivity contribution is -0.119. The lowest BCUT2D eigenvalue weighted by Crippen LogP contribution is -2.39. The highest BCUT2D eigenvalue weighted by molar-refractivity contribution is 7.92. The van der Waals surface area contributed by atoms with E-state index in [1.165, 1.54) is 6.21 Å². The van der Waals surface area contributed by atoms with Gasteiger partial charge in [-0.2, -0.15) is 5.10 Å². The first-order valence-electron chi connectivity index (χ1n) is 10.5. The van der Waals surface area contributed by atoms with Gasteiger partial charge in [0.15, 0.2) is 0 Å². The van der Waals surface area contributed by atoms with Crippen molar-refractivity contribution in [3.05, 3.63) is 101 Å². The van der Waals surface area contributed by atoms with Crippen LogP contribution in [0, 0.1) is 12.7 Å². The molecule has 1 heterocycles. The first-order valence-corrected chi connectivity index (χ1v) is 12.3. The van der Waals surface area contributed by atoms with Crippen LogP contribution in [0.2, 0.25) is 5.15 Å². The fraction of sp³-hybridized carbons (Fsp3) is 0.0800. The van der Waals surface area contributed by atoms with Crippen LogP contribution in [0.3, 0.4) is 0 Å². The molecule has 178 valence electrons. The van der Waals surface area contributed by atoms with E-state index in [4.69, 9.17) is 11.6 Å². The van der Waals surface area contributed by atoms with E-state index in [9.17, 15) is 17.6 Å². The summed E-state index contributed by atoms with van der Waals surface area (Å²) < 4.78 is 40.9. The molecule has 0 fully saturated rings. The Balaban J connectivity index is 1.56. The molecular weight excluding hydrogens is 491 g/mol. The number of nitrogens with one attached hydrogen (secondary N) is 1. The lowest BCUT2D eigenvalue weighted by atomic mass is 10.2. The number of aryl methyl sites for hydroxylation is 1. The molecule has 7 nitrogen and oxygen atoms in total. The van der Waals surface area contributed by atoms with Gasteiger partial charge in [0.1, 0.15) is 17.5 Å². The van der Waals surface area contributed by atoms with Crippen LogP contribution in [0.15, 0.2) is 88.9 Å². The van der Waals surface area contributed by atoms with Gasteiger partial charge in [-0.15, -0.1) is 0 Å². The van der Waals surface area contributed by atoms with Gasteiger partial charge in [0.05, 0.1) is 22.3 Å². The van der Waals surface area contributed by atoms with Crippen molar-refractivity contribution in [3.63, 3.8) is 0 Å². The molecule has 0 spiro atoms. The number of hydrazone groups is 1. The molecular formula is C25H20ClFN4O3S. The van der Waals surface area contributed by atoms with E-state index in [1.54, 1.807) is 30.3 Å². The first kappa shape index (κ1) is 24.3. The molecule has 0 aliphatic heterocycles. The third kappa shape index (κ3) is 5.64. The van der Waals surface area contributed by atoms with E-state index in [1.807, 2.05) is 31.2 Å². The Kier molecular flexibility index (Phi) is 7.09. The summed E-state index contributed by atoms with van der Waals surface area (Å²) in [6.45, 7) is 1.31. The minimum absolute atomic E-state index is 0.148. The quantitative estimate of drug-likeness (QED) is 0.222. The molecule has 0 atom stereocenters. The molecule has 4 rings (SSSR count). The summed E-state index contributed by atoms with van der Waals surface area (Å²) in [5.74, 6) is -1.25. The zero-order chi connectivity index (χ0) is 25.0. The number of pyridine rings is 1. The van der Waals surface area contributed by atoms with E-state index in [2.05, 4.69) is 15.5 Å². The van der Waals surface area contributed by atoms with Crippen molar-refractivity contribution >= 4 is 50.3 Å². The van der Waals surface area contributed by atoms with Crippen LogP contribution in [0.5, 0.6) is 0 Å². The summed E-state index contributed by atoms with van der Waals surface area (Å²) in [4.78, 5) is 16.8. The van der Waals surface area contributed by atoms with Crippen LogP contribution in [0.1, 0.15) is 11.1 Å². The zero-order valence-corrected chi connectivity index (χ0v) is 20.1. The number of hydrogen-bond donors (Lipinski definition) is 1. The molecule has 1 N–H and O–H groups in total. The Morgan fingerprint density at radius 3 is 2.49 bits per heavy atom. The van der Waals surface area contributed by atoms with Crippen molar-refractivity contribution in [1.82, 2.24) is 10.4 Å². The fourth-order valence-corrected chi connectivity index (χ4v) is 4.91. The fourth-order valence-electron chi connectivity index (χ4n) is 3.30. The molecule has 4 aromatic rings. The normalized spacial score (nSPS) is 11.6. The molecule has 10 heteroatoms. The summed E-state index contributed by atoms with van der Waals surface area (Å²) in [5, 5.41) is 4.97. The van der Waals surface area contributed by atoms with Crippen molar-refractivity contribution in [3.8, 4) is 0 Å². The zero-order valence-electron chi connectivity index (χ0n) is 18.5. The molecule has 0 saturated heterocycles. The van der Waals surface area contributed by atoms with Crippen molar-refractivity contribution in [1.29, 1.82) is 0 Å². The molecule has 1 aromatic heterocycles. The number of aromatic nitrogens is 1. The van der Waals surface area contributed by atoms with E-state index in [0.717, 1.165) is 45.0 Å². The monoisotopic (exact) mass is 510 g/mol. The highest BCUT2D eigenvalue weighted by Gasteiger charge is 2.27. The van der Waals surface area contributed by atoms with Crippen LogP contribution in [-0.2, 0) is 14.8 Å². The third-order valence-electron chi connectivity index (χ3n) is 5.11. The Labute approximate surface area is 206 Å². The molecule has 0 unspecified atom stereocenters. The van der Waals surface area contributed by atoms with Gasteiger partial charge in [0, 0.05) is 10.9 Å². The molecule has 3 aromatic carbocycles. The summed E-state index contributed by atoms with van der Waals surface area (Å²) in [6, 6.07) is 20.2. The molecule has 0 saturated carbocycles. The number of rotatable bonds is 7. The number of hydrogen-bond acceptors (Lipinski definition) is 5. The second-order valence-electron chi connectivity index (χ2n) is 7.66. The standard InChI is InChI=1S/C25H20ClFN4O3S/c1-17-6-10-21(11-7-17)31(35(33,34)22-12-8-20(27)9-13-22)16-24(32)30-28-15-19-14-18-4-2-3-5-23(18)29-25(19)26/h2-15H,16H2,1H3,(H,30,32)/b28-15-. The largest absolute Gasteiger partial charge is 0.271 e. The number of benzene rings is 3. The van der Waals surface area contributed by atoms with Gasteiger partial charge >= 0.3 is 0 Å². The second-order valence-corrected chi connectivity index (χ2v) is 9.88. The molecule has 0 aliphatic rings. The van der Waals surface area contributed by atoms with Crippen LogP contribution in [0.4, 0.5) is 10.1 Å². The number of halogens is 2. The second kappa shape index (κ2) is 10.2. The van der Waals surface area contributed by atoms with Crippen molar-refractivity contribution < 1.29 is 17.6 Å². The molecule has 0 bridgehead atoms. The highest BCUT2D eigenvalue weighted by Crippen LogP contribution is 2.24. The predicted molar refractivity (Wildman–Crippen MR) is 135 cm³/mol. The van der Waals surface area contributed by atoms with Crippen LogP contribution in [0.25, 0.3) is 10.9 Å². The topological polar surface area (TPSA) is 91.7 Å². The Hall–Kier alpha value is -3.82. The number of fused-ring (bicyclic) bond motifs is 1. The minimum Gasteiger partial charge on any atom is -0.271 e. The number of para-hydroxylation sites is 1. The summed E-state index contributed by atoms with van der Waals surface area (Å²) in [5.41, 5.74) is 4.73. The number of nitrogens with zero attached hydrogens (tertiary/aromatic N) is 3. The molecule has 0 aliphatic carbocycles. The van der Waals surface area contributed by atoms with Gasteiger partial charge in [-0.1, -0.05) is 47.5 Å². The van der Waals surface area contributed by atoms with Gasteiger partial charge in [-0.25, -0.2) is 23.2 Å². The lowest BCUT2D eigenvalue weighted by Gasteiger charge is -2.23. The van der Waals surface area contributed by atoms with E-state index < -0.39 is 28.3 Å². The van der Waals surface area contributed by atoms with Crippen LogP contribution < -0.4 is 9.73 Å². The highest BCUT2D eigenvalue weighted by atomic mass is 35.5. The maximum Gasteiger partial charge on any atom is 0.264 e. The number of anilines is 1. The van der Waals surface area contributed by atoms with E-state index in [-0.39, 0.29) is 15.7 Å². The van der Waals surface area contributed by atoms with Crippen LogP contribution in [-0.4, -0.2) is 32.1 Å². The van der Waals surface area contributed by atoms with Gasteiger partial charge in [0.2, 0.25) is 0 Å². The summed E-state index contributed by atoms with van der Waals surface area (Å²) in [6.07, 6.45) is 1.34. The predicted octanol–water partition coefficient (Wildman–Crippen LogP) is 4.68. The maximum absolute atomic E-state index is 13.3. The summed E-state index contributed by atoms with van der Waals surface area (Å²) >= 11 is 6.21. The van der Waals surface area contributed by atoms with Gasteiger partial charge in [-0.3, -0.25) is 9.10 Å². The number of carbonyl (C=O) groups excluding carboxylic acids is 1. The SMILES string of the molecule is Cc1ccc(N(CC(=O)N/N=C\c2cc3ccccc3nc2Cl)S(=O)(=O)c2ccc(F)cc2)cc1. The average Bonchev–Trinajstić information content (AvgIpc) is 2.84. The number of amides is 1. The van der Waals surface area contributed by atoms with Gasteiger partial charge in [-0.05, 0) is 55.5 Å². The average molecular weight is 511 g/mol. The van der Waals surface area contributed by atoms with E-state index >= 15 is 0 Å². The third-order valence-corrected chi connectivity index (χ3v) is 7.20. The Bertz CT molecular complexity index is 1510. The van der Waals surface area contributed by atoms with Gasteiger partial charge < -0.3 is 0 Å². The van der Waals surface area contributed by atoms with Crippen LogP contribution >= 0.6 is 11.6 Å². The van der Waals surface area contributed by atoms with Crippen molar-refractivity contribution in [2.45, 2.75) is 11.8 Å². The summed E-state index contributed by atoms with van der Waals surface area (Å²) in [7, 11) is -4.16. The van der Waals surface area contributed by atoms with Crippen molar-refractivity contribution in [2.24, 2.45) is 5.10 Å². The van der Waals surface area contributed by atoms with Crippen molar-refractivity contribution in [2.75, 3.05) is 10.8 Å². The Morgan fingerprint density at radius 1 is 1.09 bits per heavy atom. The number of carbonyl (C=O) groups is 1. The molecule has 0 radical (unpaired) electrons. The Morgan fingerprint density at radius 2 is 1.77 bits per heavy atom.